The molecule has 0 amide bonds. The molecule has 2 rings (SSSR count). The molecular formula is C14H21Br2NS. The van der Waals surface area contributed by atoms with Crippen LogP contribution in [0.3, 0.4) is 0 Å². The summed E-state index contributed by atoms with van der Waals surface area (Å²) >= 11 is 9.06. The third-order valence-electron chi connectivity index (χ3n) is 3.75. The van der Waals surface area contributed by atoms with Gasteiger partial charge in [0.25, 0.3) is 0 Å². The lowest BCUT2D eigenvalue weighted by atomic mass is 9.84. The van der Waals surface area contributed by atoms with Crippen LogP contribution in [0.1, 0.15) is 56.4 Å². The van der Waals surface area contributed by atoms with Crippen LogP contribution in [0.5, 0.6) is 0 Å². The molecule has 1 N–H and O–H groups in total. The fraction of sp³-hybridized carbons (Fsp3) is 0.714. The summed E-state index contributed by atoms with van der Waals surface area (Å²) < 4.78 is 2.40. The third kappa shape index (κ3) is 4.06. The summed E-state index contributed by atoms with van der Waals surface area (Å²) in [5, 5.41) is 3.66. The lowest BCUT2D eigenvalue weighted by Gasteiger charge is -2.26. The smallest absolute Gasteiger partial charge is 0.0843 e. The molecule has 0 bridgehead atoms. The van der Waals surface area contributed by atoms with Crippen molar-refractivity contribution in [2.24, 2.45) is 5.92 Å². The number of hydrogen-bond donors (Lipinski definition) is 1. The minimum Gasteiger partial charge on any atom is -0.310 e. The van der Waals surface area contributed by atoms with E-state index in [0.717, 1.165) is 12.5 Å². The van der Waals surface area contributed by atoms with Crippen molar-refractivity contribution in [2.45, 2.75) is 51.5 Å². The zero-order valence-electron chi connectivity index (χ0n) is 10.8. The van der Waals surface area contributed by atoms with Gasteiger partial charge in [-0.3, -0.25) is 0 Å². The Hall–Kier alpha value is 0.620. The first kappa shape index (κ1) is 15.0. The van der Waals surface area contributed by atoms with Crippen LogP contribution in [0.25, 0.3) is 0 Å². The Morgan fingerprint density at radius 1 is 1.33 bits per heavy atom. The Bertz CT molecular complexity index is 352. The quantitative estimate of drug-likeness (QED) is 0.655. The maximum absolute atomic E-state index is 3.66. The minimum atomic E-state index is 0.533. The summed E-state index contributed by atoms with van der Waals surface area (Å²) in [5.41, 5.74) is 0. The van der Waals surface area contributed by atoms with Crippen LogP contribution >= 0.6 is 43.2 Å². The third-order valence-corrected chi connectivity index (χ3v) is 7.12. The molecule has 102 valence electrons. The topological polar surface area (TPSA) is 12.0 Å². The van der Waals surface area contributed by atoms with Gasteiger partial charge < -0.3 is 5.32 Å². The van der Waals surface area contributed by atoms with Crippen LogP contribution in [0, 0.1) is 5.92 Å². The maximum atomic E-state index is 3.66. The zero-order valence-corrected chi connectivity index (χ0v) is 14.8. The van der Waals surface area contributed by atoms with Crippen molar-refractivity contribution in [1.82, 2.24) is 5.32 Å². The summed E-state index contributed by atoms with van der Waals surface area (Å²) in [4.78, 5) is 1.46. The van der Waals surface area contributed by atoms with E-state index in [-0.39, 0.29) is 0 Å². The molecule has 1 aromatic rings. The van der Waals surface area contributed by atoms with Gasteiger partial charge in [-0.15, -0.1) is 11.3 Å². The van der Waals surface area contributed by atoms with Gasteiger partial charge in [-0.1, -0.05) is 39.0 Å². The predicted octanol–water partition coefficient (Wildman–Crippen LogP) is 5.89. The van der Waals surface area contributed by atoms with Gasteiger partial charge in [-0.2, -0.15) is 0 Å². The molecule has 0 saturated heterocycles. The first-order valence-electron chi connectivity index (χ1n) is 6.88. The monoisotopic (exact) mass is 393 g/mol. The van der Waals surface area contributed by atoms with Gasteiger partial charge in [0.1, 0.15) is 0 Å². The lowest BCUT2D eigenvalue weighted by Crippen LogP contribution is -2.23. The van der Waals surface area contributed by atoms with Gasteiger partial charge in [0.2, 0.25) is 0 Å². The Labute approximate surface area is 131 Å². The first-order chi connectivity index (χ1) is 8.70. The van der Waals surface area contributed by atoms with Crippen LogP contribution < -0.4 is 5.32 Å². The minimum absolute atomic E-state index is 0.533. The van der Waals surface area contributed by atoms with Crippen molar-refractivity contribution in [3.05, 3.63) is 19.2 Å². The molecule has 1 unspecified atom stereocenters. The predicted molar refractivity (Wildman–Crippen MR) is 87.3 cm³/mol. The van der Waals surface area contributed by atoms with Crippen LogP contribution in [0.4, 0.5) is 0 Å². The lowest BCUT2D eigenvalue weighted by molar-refractivity contribution is 0.303. The number of thiophene rings is 1. The highest BCUT2D eigenvalue weighted by atomic mass is 79.9. The highest BCUT2D eigenvalue weighted by Gasteiger charge is 2.21. The van der Waals surface area contributed by atoms with Gasteiger partial charge in [-0.25, -0.2) is 0 Å². The standard InChI is InChI=1S/C14H21Br2NS/c1-2-17-12(8-10-6-4-3-5-7-10)13-9-11(15)14(16)18-13/h9-10,12,17H,2-8H2,1H3. The summed E-state index contributed by atoms with van der Waals surface area (Å²) in [6, 6.07) is 2.80. The number of halogens is 2. The largest absolute Gasteiger partial charge is 0.310 e. The van der Waals surface area contributed by atoms with Crippen LogP contribution in [0.15, 0.2) is 14.3 Å². The van der Waals surface area contributed by atoms with Crippen molar-refractivity contribution in [3.63, 3.8) is 0 Å². The number of hydrogen-bond acceptors (Lipinski definition) is 2. The van der Waals surface area contributed by atoms with Gasteiger partial charge in [0.05, 0.1) is 3.79 Å². The van der Waals surface area contributed by atoms with Crippen LogP contribution in [0.2, 0.25) is 0 Å². The molecule has 1 nitrogen and oxygen atoms in total. The molecule has 1 aliphatic carbocycles. The molecule has 0 aromatic carbocycles. The van der Waals surface area contributed by atoms with Gasteiger partial charge in [-0.05, 0) is 56.8 Å². The van der Waals surface area contributed by atoms with Crippen molar-refractivity contribution < 1.29 is 0 Å². The Kier molecular flexibility index (Phi) is 6.19. The van der Waals surface area contributed by atoms with E-state index >= 15 is 0 Å². The van der Waals surface area contributed by atoms with Crippen molar-refractivity contribution in [2.75, 3.05) is 6.54 Å². The van der Waals surface area contributed by atoms with E-state index in [9.17, 15) is 0 Å². The molecule has 1 heterocycles. The normalized spacial score (nSPS) is 19.1. The maximum Gasteiger partial charge on any atom is 0.0843 e. The molecule has 0 aliphatic heterocycles. The van der Waals surface area contributed by atoms with E-state index < -0.39 is 0 Å². The highest BCUT2D eigenvalue weighted by Crippen LogP contribution is 2.39. The van der Waals surface area contributed by atoms with Crippen molar-refractivity contribution in [3.8, 4) is 0 Å². The number of nitrogens with one attached hydrogen (secondary N) is 1. The van der Waals surface area contributed by atoms with Crippen molar-refractivity contribution in [1.29, 1.82) is 0 Å². The fourth-order valence-electron chi connectivity index (χ4n) is 2.84. The second kappa shape index (κ2) is 7.41. The van der Waals surface area contributed by atoms with Gasteiger partial charge in [0.15, 0.2) is 0 Å². The summed E-state index contributed by atoms with van der Waals surface area (Å²) in [5.74, 6) is 0.919. The van der Waals surface area contributed by atoms with E-state index in [1.54, 1.807) is 0 Å². The van der Waals surface area contributed by atoms with Gasteiger partial charge in [0, 0.05) is 15.4 Å². The van der Waals surface area contributed by atoms with E-state index in [1.165, 1.54) is 51.7 Å². The Morgan fingerprint density at radius 3 is 2.61 bits per heavy atom. The summed E-state index contributed by atoms with van der Waals surface area (Å²) in [6.45, 7) is 3.25. The average Bonchev–Trinajstić information content (AvgIpc) is 2.70. The molecule has 0 radical (unpaired) electrons. The average molecular weight is 395 g/mol. The molecule has 1 atom stereocenters. The molecule has 0 spiro atoms. The second-order valence-electron chi connectivity index (χ2n) is 5.12. The summed E-state index contributed by atoms with van der Waals surface area (Å²) in [6.07, 6.45) is 8.46. The molecule has 1 aromatic heterocycles. The van der Waals surface area contributed by atoms with E-state index in [1.807, 2.05) is 11.3 Å². The molecule has 18 heavy (non-hydrogen) atoms. The van der Waals surface area contributed by atoms with E-state index in [0.29, 0.717) is 6.04 Å². The Balaban J connectivity index is 2.02. The second-order valence-corrected chi connectivity index (χ2v) is 8.38. The summed E-state index contributed by atoms with van der Waals surface area (Å²) in [7, 11) is 0. The van der Waals surface area contributed by atoms with E-state index in [4.69, 9.17) is 0 Å². The fourth-order valence-corrected chi connectivity index (χ4v) is 5.02. The molecule has 1 aliphatic rings. The van der Waals surface area contributed by atoms with Crippen LogP contribution in [-0.2, 0) is 0 Å². The molecule has 1 saturated carbocycles. The molecule has 1 fully saturated rings. The number of rotatable bonds is 5. The first-order valence-corrected chi connectivity index (χ1v) is 9.29. The SMILES string of the molecule is CCNC(CC1CCCCC1)c1cc(Br)c(Br)s1. The molecule has 4 heteroatoms. The highest BCUT2D eigenvalue weighted by molar-refractivity contribution is 9.13. The van der Waals surface area contributed by atoms with Gasteiger partial charge >= 0.3 is 0 Å². The zero-order chi connectivity index (χ0) is 13.0. The molecular weight excluding hydrogens is 374 g/mol. The van der Waals surface area contributed by atoms with Crippen LogP contribution in [-0.4, -0.2) is 6.54 Å². The van der Waals surface area contributed by atoms with E-state index in [2.05, 4.69) is 50.2 Å². The Morgan fingerprint density at radius 2 is 2.06 bits per heavy atom. The van der Waals surface area contributed by atoms with Crippen molar-refractivity contribution >= 4 is 43.2 Å².